The minimum Gasteiger partial charge on any atom is -0.489 e. The van der Waals surface area contributed by atoms with Crippen LogP contribution in [0, 0.1) is 0 Å². The molecule has 34 heavy (non-hydrogen) atoms. The highest BCUT2D eigenvalue weighted by atomic mass is 35.5. The molecule has 5 rings (SSSR count). The van der Waals surface area contributed by atoms with Crippen LogP contribution in [0.4, 0.5) is 0 Å². The number of aromatic amines is 1. The van der Waals surface area contributed by atoms with Crippen molar-refractivity contribution < 1.29 is 14.3 Å². The van der Waals surface area contributed by atoms with Crippen molar-refractivity contribution in [3.8, 4) is 11.5 Å². The molecule has 0 bridgehead atoms. The molecule has 172 valence electrons. The Balaban J connectivity index is 1.58. The zero-order valence-corrected chi connectivity index (χ0v) is 19.6. The lowest BCUT2D eigenvalue weighted by molar-refractivity contribution is 0.0970. The number of fused-ring (bicyclic) bond motifs is 1. The molecule has 1 aliphatic carbocycles. The van der Waals surface area contributed by atoms with E-state index in [1.54, 1.807) is 24.5 Å². The minimum absolute atomic E-state index is 0.161. The number of carbonyl (C=O) groups is 1. The second-order valence-corrected chi connectivity index (χ2v) is 8.97. The van der Waals surface area contributed by atoms with Gasteiger partial charge in [0.1, 0.15) is 18.1 Å². The molecule has 0 unspecified atom stereocenters. The van der Waals surface area contributed by atoms with Crippen LogP contribution in [0.5, 0.6) is 11.5 Å². The highest BCUT2D eigenvalue weighted by Gasteiger charge is 2.35. The first-order chi connectivity index (χ1) is 16.5. The van der Waals surface area contributed by atoms with Crippen molar-refractivity contribution in [2.75, 3.05) is 0 Å². The van der Waals surface area contributed by atoms with Gasteiger partial charge in [-0.05, 0) is 55.7 Å². The number of ketones is 1. The summed E-state index contributed by atoms with van der Waals surface area (Å²) in [7, 11) is 0. The molecule has 5 nitrogen and oxygen atoms in total. The van der Waals surface area contributed by atoms with E-state index in [2.05, 4.69) is 9.97 Å². The van der Waals surface area contributed by atoms with Crippen molar-refractivity contribution in [1.29, 1.82) is 0 Å². The summed E-state index contributed by atoms with van der Waals surface area (Å²) in [6.07, 6.45) is 5.68. The molecule has 1 atom stereocenters. The van der Waals surface area contributed by atoms with E-state index >= 15 is 0 Å². The molecular formula is C28H25ClN2O3. The Hall–Kier alpha value is -3.57. The summed E-state index contributed by atoms with van der Waals surface area (Å²) < 4.78 is 12.9. The number of benzene rings is 3. The van der Waals surface area contributed by atoms with Crippen LogP contribution in [0.2, 0.25) is 5.02 Å². The van der Waals surface area contributed by atoms with Gasteiger partial charge in [-0.15, -0.1) is 0 Å². The lowest BCUT2D eigenvalue weighted by Crippen LogP contribution is -2.33. The molecule has 0 spiro atoms. The van der Waals surface area contributed by atoms with Crippen LogP contribution in [0.3, 0.4) is 0 Å². The molecule has 0 amide bonds. The van der Waals surface area contributed by atoms with Crippen molar-refractivity contribution in [1.82, 2.24) is 9.97 Å². The van der Waals surface area contributed by atoms with Crippen molar-refractivity contribution in [2.24, 2.45) is 0 Å². The first-order valence-corrected chi connectivity index (χ1v) is 11.7. The molecule has 0 saturated heterocycles. The number of aromatic nitrogens is 2. The van der Waals surface area contributed by atoms with Crippen molar-refractivity contribution in [2.45, 2.75) is 38.4 Å². The Morgan fingerprint density at radius 2 is 1.91 bits per heavy atom. The normalized spacial score (nSPS) is 14.8. The average molecular weight is 473 g/mol. The van der Waals surface area contributed by atoms with Crippen molar-refractivity contribution >= 4 is 17.4 Å². The highest BCUT2D eigenvalue weighted by Crippen LogP contribution is 2.38. The fourth-order valence-electron chi connectivity index (χ4n) is 4.49. The Labute approximate surface area is 203 Å². The van der Waals surface area contributed by atoms with E-state index in [4.69, 9.17) is 21.1 Å². The van der Waals surface area contributed by atoms with Crippen LogP contribution in [-0.4, -0.2) is 15.8 Å². The smallest absolute Gasteiger partial charge is 0.188 e. The van der Waals surface area contributed by atoms with Gasteiger partial charge in [0.15, 0.2) is 17.2 Å². The standard InChI is InChI=1S/C28H25ClN2O3/c1-28(27-30-15-16-31-27,19-7-3-2-4-8-19)34-26-14-13-23-22(11-6-12-25(23)32)24(26)18-33-21-10-5-9-20(29)17-21/h2-5,7-10,13-17H,6,11-12,18H2,1H3,(H,30,31)/t28-/m0/s1. The Morgan fingerprint density at radius 1 is 1.06 bits per heavy atom. The van der Waals surface area contributed by atoms with Gasteiger partial charge >= 0.3 is 0 Å². The van der Waals surface area contributed by atoms with Gasteiger partial charge in [0.05, 0.1) is 0 Å². The zero-order valence-electron chi connectivity index (χ0n) is 18.9. The predicted octanol–water partition coefficient (Wildman–Crippen LogP) is 6.50. The van der Waals surface area contributed by atoms with Gasteiger partial charge in [-0.25, -0.2) is 4.98 Å². The van der Waals surface area contributed by atoms with Crippen LogP contribution in [-0.2, 0) is 18.6 Å². The van der Waals surface area contributed by atoms with Crippen LogP contribution in [0.15, 0.2) is 79.1 Å². The largest absolute Gasteiger partial charge is 0.489 e. The molecule has 1 N–H and O–H groups in total. The number of halogens is 1. The first-order valence-electron chi connectivity index (χ1n) is 11.4. The van der Waals surface area contributed by atoms with E-state index < -0.39 is 5.60 Å². The molecule has 0 aliphatic heterocycles. The fourth-order valence-corrected chi connectivity index (χ4v) is 4.67. The van der Waals surface area contributed by atoms with Gasteiger partial charge in [0.25, 0.3) is 0 Å². The monoisotopic (exact) mass is 472 g/mol. The zero-order chi connectivity index (χ0) is 23.5. The van der Waals surface area contributed by atoms with Crippen molar-refractivity contribution in [3.63, 3.8) is 0 Å². The Kier molecular flexibility index (Phi) is 6.12. The number of Topliss-reactive ketones (excluding diaryl/α,β-unsaturated/α-hetero) is 1. The van der Waals surface area contributed by atoms with E-state index in [9.17, 15) is 4.79 Å². The second kappa shape index (κ2) is 9.35. The van der Waals surface area contributed by atoms with Crippen molar-refractivity contribution in [3.05, 3.63) is 112 Å². The van der Waals surface area contributed by atoms with Gasteiger partial charge in [-0.2, -0.15) is 0 Å². The number of imidazole rings is 1. The van der Waals surface area contributed by atoms with E-state index in [-0.39, 0.29) is 12.4 Å². The molecule has 1 aliphatic rings. The lowest BCUT2D eigenvalue weighted by atomic mass is 9.86. The Bertz CT molecular complexity index is 1300. The average Bonchev–Trinajstić information content (AvgIpc) is 3.40. The Morgan fingerprint density at radius 3 is 2.68 bits per heavy atom. The number of H-pyrrole nitrogens is 1. The summed E-state index contributed by atoms with van der Waals surface area (Å²) in [4.78, 5) is 20.4. The van der Waals surface area contributed by atoms with Gasteiger partial charge < -0.3 is 14.5 Å². The number of nitrogens with zero attached hydrogens (tertiary/aromatic N) is 1. The third-order valence-electron chi connectivity index (χ3n) is 6.29. The molecule has 3 aromatic carbocycles. The van der Waals surface area contributed by atoms with E-state index in [1.165, 1.54) is 0 Å². The first kappa shape index (κ1) is 22.2. The van der Waals surface area contributed by atoms with Crippen LogP contribution in [0.1, 0.15) is 52.6 Å². The third-order valence-corrected chi connectivity index (χ3v) is 6.52. The number of rotatable bonds is 7. The molecule has 1 aromatic heterocycles. The van der Waals surface area contributed by atoms with Gasteiger partial charge in [0.2, 0.25) is 0 Å². The third kappa shape index (κ3) is 4.31. The SMILES string of the molecule is C[C@](Oc1ccc2c(c1COc1cccc(Cl)c1)CCCC2=O)(c1ccccc1)c1ncc[nH]1. The molecule has 4 aromatic rings. The van der Waals surface area contributed by atoms with Crippen LogP contribution < -0.4 is 9.47 Å². The number of nitrogens with one attached hydrogen (secondary N) is 1. The number of ether oxygens (including phenoxy) is 2. The number of hydrogen-bond donors (Lipinski definition) is 1. The fraction of sp³-hybridized carbons (Fsp3) is 0.214. The summed E-state index contributed by atoms with van der Waals surface area (Å²) in [5.74, 6) is 2.18. The summed E-state index contributed by atoms with van der Waals surface area (Å²) in [6, 6.07) is 21.0. The quantitative estimate of drug-likeness (QED) is 0.333. The molecule has 0 saturated carbocycles. The molecule has 1 heterocycles. The maximum atomic E-state index is 12.6. The predicted molar refractivity (Wildman–Crippen MR) is 132 cm³/mol. The lowest BCUT2D eigenvalue weighted by Gasteiger charge is -2.32. The molecular weight excluding hydrogens is 448 g/mol. The summed E-state index contributed by atoms with van der Waals surface area (Å²) in [5, 5.41) is 0.605. The second-order valence-electron chi connectivity index (χ2n) is 8.53. The summed E-state index contributed by atoms with van der Waals surface area (Å²) in [6.45, 7) is 2.25. The molecule has 6 heteroatoms. The number of carbonyl (C=O) groups excluding carboxylic acids is 1. The van der Waals surface area contributed by atoms with Gasteiger partial charge in [-0.1, -0.05) is 48.0 Å². The van der Waals surface area contributed by atoms with Gasteiger partial charge in [-0.3, -0.25) is 4.79 Å². The maximum absolute atomic E-state index is 12.6. The molecule has 0 radical (unpaired) electrons. The van der Waals surface area contributed by atoms with Crippen LogP contribution in [0.25, 0.3) is 0 Å². The van der Waals surface area contributed by atoms with E-state index in [1.807, 2.05) is 61.5 Å². The summed E-state index contributed by atoms with van der Waals surface area (Å²) in [5.41, 5.74) is 2.70. The van der Waals surface area contributed by atoms with E-state index in [0.29, 0.717) is 28.8 Å². The minimum atomic E-state index is -0.873. The van der Waals surface area contributed by atoms with Gasteiger partial charge in [0, 0.05) is 40.5 Å². The molecule has 0 fully saturated rings. The topological polar surface area (TPSA) is 64.2 Å². The van der Waals surface area contributed by atoms with E-state index in [0.717, 1.165) is 35.1 Å². The number of hydrogen-bond acceptors (Lipinski definition) is 4. The summed E-state index contributed by atoms with van der Waals surface area (Å²) >= 11 is 6.14. The van der Waals surface area contributed by atoms with Crippen LogP contribution >= 0.6 is 11.6 Å². The maximum Gasteiger partial charge on any atom is 0.188 e. The highest BCUT2D eigenvalue weighted by molar-refractivity contribution is 6.30.